The Labute approximate surface area is 301 Å². The molecular formula is C44H62N2O4. The predicted molar refractivity (Wildman–Crippen MR) is 201 cm³/mol. The second-order valence-corrected chi connectivity index (χ2v) is 18.2. The van der Waals surface area contributed by atoms with E-state index in [-0.39, 0.29) is 39.4 Å². The number of hydrogen-bond donors (Lipinski definition) is 2. The van der Waals surface area contributed by atoms with Gasteiger partial charge in [0.05, 0.1) is 11.0 Å². The number of carboxylic acid groups (broad SMARTS) is 1. The molecule has 4 fully saturated rings. The molecule has 0 aromatic heterocycles. The molecule has 1 aromatic rings. The van der Waals surface area contributed by atoms with Gasteiger partial charge in [-0.2, -0.15) is 0 Å². The number of benzene rings is 1. The van der Waals surface area contributed by atoms with Gasteiger partial charge in [-0.15, -0.1) is 0 Å². The third kappa shape index (κ3) is 5.71. The van der Waals surface area contributed by atoms with Crippen molar-refractivity contribution in [3.63, 3.8) is 0 Å². The summed E-state index contributed by atoms with van der Waals surface area (Å²) in [7, 11) is 1.82. The van der Waals surface area contributed by atoms with E-state index in [1.54, 1.807) is 24.0 Å². The van der Waals surface area contributed by atoms with Gasteiger partial charge in [0.15, 0.2) is 0 Å². The minimum atomic E-state index is -0.884. The van der Waals surface area contributed by atoms with Crippen LogP contribution in [-0.2, 0) is 9.59 Å². The first kappa shape index (κ1) is 36.6. The molecule has 50 heavy (non-hydrogen) atoms. The average Bonchev–Trinajstić information content (AvgIpc) is 3.47. The number of carboxylic acids is 1. The summed E-state index contributed by atoms with van der Waals surface area (Å²) in [5, 5.41) is 12.8. The monoisotopic (exact) mass is 682 g/mol. The molecule has 0 bridgehead atoms. The van der Waals surface area contributed by atoms with Crippen molar-refractivity contribution in [3.05, 3.63) is 65.8 Å². The SMILES string of the molecule is C=C(C)C(=C)C1CC[C@]2(C(=O)NCCCN(C)C(C)=O)CCC3[C@H](CCC4[C@@]3(C)CC[C@H]3C(C)(C)C(c5ccc(C(=O)O)cc5)=CC[C@]43C)C12. The van der Waals surface area contributed by atoms with E-state index in [9.17, 15) is 19.5 Å². The molecule has 6 heteroatoms. The van der Waals surface area contributed by atoms with E-state index in [0.717, 1.165) is 55.2 Å². The zero-order valence-corrected chi connectivity index (χ0v) is 31.9. The number of nitrogens with zero attached hydrogens (tertiary/aromatic N) is 1. The topological polar surface area (TPSA) is 86.7 Å². The second kappa shape index (κ2) is 13.1. The van der Waals surface area contributed by atoms with Gasteiger partial charge in [0.1, 0.15) is 0 Å². The Morgan fingerprint density at radius 1 is 0.900 bits per heavy atom. The standard InChI is InChI=1S/C44H62N2O4/c1-27(2)28(3)32-17-23-44(40(50)45-25-10-26-46(9)29(4)47)24-19-35-33(38(32)44)15-16-37-42(35,7)22-20-36-41(5,6)34(18-21-43(36,37)8)30-11-13-31(14-12-30)39(48)49/h11-14,18,32-33,35-38H,1,3,10,15-17,19-26H2,2,4-9H3,(H,45,50)(H,48,49)/t32?,33-,35?,36-,37?,38?,42-,43-,44-/m0/s1. The fourth-order valence-corrected chi connectivity index (χ4v) is 13.1. The first-order valence-electron chi connectivity index (χ1n) is 19.4. The quantitative estimate of drug-likeness (QED) is 0.201. The van der Waals surface area contributed by atoms with Crippen LogP contribution in [-0.4, -0.2) is 47.9 Å². The van der Waals surface area contributed by atoms with Crippen LogP contribution in [0.2, 0.25) is 0 Å². The Balaban J connectivity index is 1.27. The van der Waals surface area contributed by atoms with E-state index in [1.807, 2.05) is 19.2 Å². The maximum absolute atomic E-state index is 14.4. The first-order valence-corrected chi connectivity index (χ1v) is 19.4. The van der Waals surface area contributed by atoms with Gasteiger partial charge in [0, 0.05) is 27.1 Å². The van der Waals surface area contributed by atoms with Gasteiger partial charge in [-0.05, 0) is 152 Å². The number of allylic oxidation sites excluding steroid dienone is 4. The number of amides is 2. The molecule has 272 valence electrons. The summed E-state index contributed by atoms with van der Waals surface area (Å²) in [6.07, 6.45) is 13.1. The Bertz CT molecular complexity index is 1590. The lowest BCUT2D eigenvalue weighted by Crippen LogP contribution is -2.62. The lowest BCUT2D eigenvalue weighted by atomic mass is 9.36. The van der Waals surface area contributed by atoms with Gasteiger partial charge < -0.3 is 15.3 Å². The number of nitrogens with one attached hydrogen (secondary N) is 1. The molecule has 0 radical (unpaired) electrons. The minimum Gasteiger partial charge on any atom is -0.478 e. The van der Waals surface area contributed by atoms with Crippen LogP contribution in [0.1, 0.15) is 122 Å². The number of rotatable bonds is 9. The smallest absolute Gasteiger partial charge is 0.335 e. The molecule has 4 unspecified atom stereocenters. The van der Waals surface area contributed by atoms with Crippen molar-refractivity contribution in [2.75, 3.05) is 20.1 Å². The average molecular weight is 683 g/mol. The summed E-state index contributed by atoms with van der Waals surface area (Å²) in [6.45, 7) is 23.9. The highest BCUT2D eigenvalue weighted by Crippen LogP contribution is 2.74. The third-order valence-corrected chi connectivity index (χ3v) is 15.5. The van der Waals surface area contributed by atoms with Crippen molar-refractivity contribution in [3.8, 4) is 0 Å². The lowest BCUT2D eigenvalue weighted by Gasteiger charge is -2.68. The van der Waals surface area contributed by atoms with Crippen LogP contribution >= 0.6 is 0 Å². The zero-order valence-electron chi connectivity index (χ0n) is 31.9. The second-order valence-electron chi connectivity index (χ2n) is 18.2. The summed E-state index contributed by atoms with van der Waals surface area (Å²) in [4.78, 5) is 39.4. The zero-order chi connectivity index (χ0) is 36.4. The fraction of sp³-hybridized carbons (Fsp3) is 0.659. The van der Waals surface area contributed by atoms with Gasteiger partial charge in [-0.25, -0.2) is 4.79 Å². The van der Waals surface area contributed by atoms with Crippen LogP contribution in [0.5, 0.6) is 0 Å². The molecule has 6 rings (SSSR count). The summed E-state index contributed by atoms with van der Waals surface area (Å²) < 4.78 is 0. The minimum absolute atomic E-state index is 0.0231. The van der Waals surface area contributed by atoms with Gasteiger partial charge in [0.25, 0.3) is 0 Å². The number of aromatic carboxylic acids is 1. The van der Waals surface area contributed by atoms with Crippen molar-refractivity contribution >= 4 is 23.4 Å². The highest BCUT2D eigenvalue weighted by atomic mass is 16.4. The van der Waals surface area contributed by atoms with E-state index in [0.29, 0.717) is 48.2 Å². The van der Waals surface area contributed by atoms with Crippen LogP contribution in [0.3, 0.4) is 0 Å². The van der Waals surface area contributed by atoms with Crippen molar-refractivity contribution in [2.24, 2.45) is 57.2 Å². The molecule has 4 saturated carbocycles. The number of carbonyl (C=O) groups is 3. The van der Waals surface area contributed by atoms with E-state index in [2.05, 4.69) is 59.2 Å². The van der Waals surface area contributed by atoms with Crippen molar-refractivity contribution in [1.29, 1.82) is 0 Å². The summed E-state index contributed by atoms with van der Waals surface area (Å²) in [5.74, 6) is 2.24. The Hall–Kier alpha value is -3.15. The lowest BCUT2D eigenvalue weighted by molar-refractivity contribution is -0.184. The molecule has 0 spiro atoms. The maximum Gasteiger partial charge on any atom is 0.335 e. The van der Waals surface area contributed by atoms with Gasteiger partial charge in [-0.1, -0.05) is 64.6 Å². The number of fused-ring (bicyclic) bond motifs is 7. The molecule has 9 atom stereocenters. The highest BCUT2D eigenvalue weighted by molar-refractivity contribution is 5.88. The van der Waals surface area contributed by atoms with E-state index >= 15 is 0 Å². The molecular weight excluding hydrogens is 620 g/mol. The first-order chi connectivity index (χ1) is 23.5. The van der Waals surface area contributed by atoms with Crippen LogP contribution in [0.25, 0.3) is 5.57 Å². The molecule has 2 N–H and O–H groups in total. The van der Waals surface area contributed by atoms with E-state index in [4.69, 9.17) is 0 Å². The maximum atomic E-state index is 14.4. The number of carbonyl (C=O) groups excluding carboxylic acids is 2. The van der Waals surface area contributed by atoms with Crippen LogP contribution < -0.4 is 5.32 Å². The van der Waals surface area contributed by atoms with E-state index < -0.39 is 5.97 Å². The Morgan fingerprint density at radius 3 is 2.22 bits per heavy atom. The summed E-state index contributed by atoms with van der Waals surface area (Å²) in [6, 6.07) is 7.50. The van der Waals surface area contributed by atoms with Gasteiger partial charge >= 0.3 is 5.97 Å². The van der Waals surface area contributed by atoms with Crippen LogP contribution in [0, 0.1) is 57.2 Å². The van der Waals surface area contributed by atoms with Gasteiger partial charge in [0.2, 0.25) is 11.8 Å². The van der Waals surface area contributed by atoms with Crippen LogP contribution in [0.15, 0.2) is 54.6 Å². The predicted octanol–water partition coefficient (Wildman–Crippen LogP) is 9.19. The largest absolute Gasteiger partial charge is 0.478 e. The number of hydrogen-bond acceptors (Lipinski definition) is 3. The van der Waals surface area contributed by atoms with Crippen LogP contribution in [0.4, 0.5) is 0 Å². The third-order valence-electron chi connectivity index (χ3n) is 15.5. The van der Waals surface area contributed by atoms with Crippen molar-refractivity contribution < 1.29 is 19.5 Å². The summed E-state index contributed by atoms with van der Waals surface area (Å²) in [5.41, 5.74) is 5.07. The molecule has 6 nitrogen and oxygen atoms in total. The highest BCUT2D eigenvalue weighted by Gasteiger charge is 2.67. The Morgan fingerprint density at radius 2 is 1.58 bits per heavy atom. The molecule has 1 aromatic carbocycles. The van der Waals surface area contributed by atoms with Gasteiger partial charge in [-0.3, -0.25) is 9.59 Å². The Kier molecular flexibility index (Phi) is 9.61. The molecule has 5 aliphatic rings. The summed E-state index contributed by atoms with van der Waals surface area (Å²) >= 11 is 0. The van der Waals surface area contributed by atoms with Crippen molar-refractivity contribution in [2.45, 2.75) is 106 Å². The molecule has 2 amide bonds. The molecule has 5 aliphatic carbocycles. The molecule has 0 heterocycles. The van der Waals surface area contributed by atoms with Crippen molar-refractivity contribution in [1.82, 2.24) is 10.2 Å². The molecule has 0 saturated heterocycles. The fourth-order valence-electron chi connectivity index (χ4n) is 13.1. The van der Waals surface area contributed by atoms with E-state index in [1.165, 1.54) is 31.3 Å². The normalized spacial score (nSPS) is 36.8. The molecule has 0 aliphatic heterocycles.